The summed E-state index contributed by atoms with van der Waals surface area (Å²) >= 11 is 1.53. The molecule has 0 spiro atoms. The third-order valence-electron chi connectivity index (χ3n) is 6.50. The molecule has 0 bridgehead atoms. The van der Waals surface area contributed by atoms with E-state index in [1.54, 1.807) is 20.4 Å². The predicted molar refractivity (Wildman–Crippen MR) is 153 cm³/mol. The molecular formula is C29H27N7O2S. The second-order valence-electron chi connectivity index (χ2n) is 9.60. The molecule has 1 saturated heterocycles. The zero-order valence-electron chi connectivity index (χ0n) is 21.6. The highest BCUT2D eigenvalue weighted by molar-refractivity contribution is 7.19. The first-order chi connectivity index (χ1) is 19.0. The zero-order valence-corrected chi connectivity index (χ0v) is 22.4. The minimum absolute atomic E-state index is 0.0339. The Bertz CT molecular complexity index is 1700. The molecule has 4 heterocycles. The van der Waals surface area contributed by atoms with Gasteiger partial charge in [-0.3, -0.25) is 10.00 Å². The number of anilines is 2. The number of nitrogens with one attached hydrogen (secondary N) is 2. The Morgan fingerprint density at radius 3 is 2.92 bits per heavy atom. The Kier molecular flexibility index (Phi) is 6.84. The number of benzene rings is 2. The van der Waals surface area contributed by atoms with Crippen LogP contribution in [0, 0.1) is 11.8 Å². The van der Waals surface area contributed by atoms with Gasteiger partial charge in [0.05, 0.1) is 34.6 Å². The fourth-order valence-corrected chi connectivity index (χ4v) is 5.37. The summed E-state index contributed by atoms with van der Waals surface area (Å²) in [5, 5.41) is 13.3. The molecule has 10 heteroatoms. The van der Waals surface area contributed by atoms with Crippen LogP contribution >= 0.6 is 11.3 Å². The van der Waals surface area contributed by atoms with Gasteiger partial charge in [-0.05, 0) is 29.8 Å². The summed E-state index contributed by atoms with van der Waals surface area (Å²) in [6, 6.07) is 18.5. The second-order valence-corrected chi connectivity index (χ2v) is 10.6. The SMILES string of the molecule is CN(C)C(=O)O[C@@H]1CN[C@H](C#Cc2cc3c(Nc4ccc5c(cnn5Cc5ccccc5)c4)ncnc3s2)C1. The van der Waals surface area contributed by atoms with Crippen LogP contribution in [0.5, 0.6) is 0 Å². The van der Waals surface area contributed by atoms with E-state index in [0.29, 0.717) is 13.0 Å². The van der Waals surface area contributed by atoms with Gasteiger partial charge < -0.3 is 15.0 Å². The fourth-order valence-electron chi connectivity index (χ4n) is 4.51. The highest BCUT2D eigenvalue weighted by Crippen LogP contribution is 2.30. The molecule has 5 aromatic rings. The molecule has 0 aliphatic carbocycles. The number of hydrogen-bond donors (Lipinski definition) is 2. The van der Waals surface area contributed by atoms with Crippen LogP contribution < -0.4 is 10.6 Å². The summed E-state index contributed by atoms with van der Waals surface area (Å²) in [6.45, 7) is 1.32. The molecule has 0 saturated carbocycles. The van der Waals surface area contributed by atoms with Crippen molar-refractivity contribution in [1.29, 1.82) is 0 Å². The molecule has 1 fully saturated rings. The smallest absolute Gasteiger partial charge is 0.409 e. The summed E-state index contributed by atoms with van der Waals surface area (Å²) in [6.07, 6.45) is 3.61. The van der Waals surface area contributed by atoms with Crippen molar-refractivity contribution in [2.45, 2.75) is 25.1 Å². The van der Waals surface area contributed by atoms with E-state index in [2.05, 4.69) is 61.8 Å². The lowest BCUT2D eigenvalue weighted by molar-refractivity contribution is 0.0826. The van der Waals surface area contributed by atoms with E-state index in [0.717, 1.165) is 44.0 Å². The minimum Gasteiger partial charge on any atom is -0.445 e. The minimum atomic E-state index is -0.335. The van der Waals surface area contributed by atoms with Gasteiger partial charge in [-0.2, -0.15) is 5.10 Å². The molecule has 1 amide bonds. The van der Waals surface area contributed by atoms with Crippen LogP contribution in [0.25, 0.3) is 21.1 Å². The number of rotatable bonds is 5. The van der Waals surface area contributed by atoms with Crippen molar-refractivity contribution in [3.05, 3.63) is 77.6 Å². The van der Waals surface area contributed by atoms with E-state index in [-0.39, 0.29) is 18.2 Å². The van der Waals surface area contributed by atoms with Crippen molar-refractivity contribution < 1.29 is 9.53 Å². The van der Waals surface area contributed by atoms with E-state index < -0.39 is 0 Å². The molecule has 1 aliphatic rings. The van der Waals surface area contributed by atoms with E-state index in [4.69, 9.17) is 4.74 Å². The van der Waals surface area contributed by atoms with Gasteiger partial charge >= 0.3 is 6.09 Å². The molecular weight excluding hydrogens is 510 g/mol. The van der Waals surface area contributed by atoms with E-state index in [9.17, 15) is 4.79 Å². The average Bonchev–Trinajstić information content (AvgIpc) is 3.67. The maximum Gasteiger partial charge on any atom is 0.409 e. The number of hydrogen-bond acceptors (Lipinski definition) is 8. The van der Waals surface area contributed by atoms with Gasteiger partial charge in [0.2, 0.25) is 0 Å². The van der Waals surface area contributed by atoms with Crippen molar-refractivity contribution in [1.82, 2.24) is 30.0 Å². The summed E-state index contributed by atoms with van der Waals surface area (Å²) in [4.78, 5) is 23.9. The van der Waals surface area contributed by atoms with Gasteiger partial charge in [0, 0.05) is 38.1 Å². The normalized spacial score (nSPS) is 16.7. The lowest BCUT2D eigenvalue weighted by Crippen LogP contribution is -2.29. The van der Waals surface area contributed by atoms with Crippen LogP contribution in [0.1, 0.15) is 16.9 Å². The maximum atomic E-state index is 11.8. The monoisotopic (exact) mass is 537 g/mol. The van der Waals surface area contributed by atoms with Crippen molar-refractivity contribution in [3.8, 4) is 11.8 Å². The third-order valence-corrected chi connectivity index (χ3v) is 7.46. The van der Waals surface area contributed by atoms with Gasteiger partial charge in [-0.1, -0.05) is 42.2 Å². The molecule has 3 aromatic heterocycles. The number of carbonyl (C=O) groups is 1. The first-order valence-corrected chi connectivity index (χ1v) is 13.5. The van der Waals surface area contributed by atoms with E-state index in [1.807, 2.05) is 41.2 Å². The molecule has 0 unspecified atom stereocenters. The second kappa shape index (κ2) is 10.7. The molecule has 6 rings (SSSR count). The summed E-state index contributed by atoms with van der Waals surface area (Å²) < 4.78 is 7.47. The molecule has 39 heavy (non-hydrogen) atoms. The van der Waals surface area contributed by atoms with E-state index in [1.165, 1.54) is 21.8 Å². The van der Waals surface area contributed by atoms with Gasteiger partial charge in [0.1, 0.15) is 23.1 Å². The van der Waals surface area contributed by atoms with Gasteiger partial charge in [-0.25, -0.2) is 14.8 Å². The highest BCUT2D eigenvalue weighted by atomic mass is 32.1. The predicted octanol–water partition coefficient (Wildman–Crippen LogP) is 4.61. The Hall–Kier alpha value is -4.46. The van der Waals surface area contributed by atoms with Crippen LogP contribution in [0.2, 0.25) is 0 Å². The number of ether oxygens (including phenoxy) is 1. The summed E-state index contributed by atoms with van der Waals surface area (Å²) in [5.74, 6) is 7.26. The van der Waals surface area contributed by atoms with Crippen molar-refractivity contribution in [2.24, 2.45) is 0 Å². The summed E-state index contributed by atoms with van der Waals surface area (Å²) in [7, 11) is 3.35. The lowest BCUT2D eigenvalue weighted by atomic mass is 10.2. The third kappa shape index (κ3) is 5.55. The molecule has 0 radical (unpaired) electrons. The van der Waals surface area contributed by atoms with Gasteiger partial charge in [0.15, 0.2) is 0 Å². The lowest BCUT2D eigenvalue weighted by Gasteiger charge is -2.15. The number of thiophene rings is 1. The van der Waals surface area contributed by atoms with E-state index >= 15 is 0 Å². The fraction of sp³-hybridized carbons (Fsp3) is 0.241. The average molecular weight is 538 g/mol. The van der Waals surface area contributed by atoms with Crippen LogP contribution in [0.3, 0.4) is 0 Å². The van der Waals surface area contributed by atoms with Crippen molar-refractivity contribution in [3.63, 3.8) is 0 Å². The molecule has 1 aliphatic heterocycles. The topological polar surface area (TPSA) is 97.2 Å². The van der Waals surface area contributed by atoms with Crippen molar-refractivity contribution >= 4 is 50.1 Å². The van der Waals surface area contributed by atoms with Gasteiger partial charge in [-0.15, -0.1) is 11.3 Å². The quantitative estimate of drug-likeness (QED) is 0.316. The van der Waals surface area contributed by atoms with Crippen LogP contribution in [0.15, 0.2) is 67.1 Å². The Balaban J connectivity index is 1.16. The number of carbonyl (C=O) groups excluding carboxylic acids is 1. The highest BCUT2D eigenvalue weighted by Gasteiger charge is 2.26. The standard InChI is InChI=1S/C29H27N7O2S/c1-35(2)29(37)38-23-13-21(30-16-23)8-10-24-14-25-27(31-18-32-28(25)39-24)34-22-9-11-26-20(12-22)15-33-36(26)17-19-6-4-3-5-7-19/h3-7,9,11-12,14-15,18,21,23,30H,13,16-17H2,1-2H3,(H,31,32,34)/t21-,23+/m1/s1. The molecule has 9 nitrogen and oxygen atoms in total. The number of amides is 1. The van der Waals surface area contributed by atoms with Crippen LogP contribution in [0.4, 0.5) is 16.3 Å². The first-order valence-electron chi connectivity index (χ1n) is 12.7. The maximum absolute atomic E-state index is 11.8. The molecule has 2 aromatic carbocycles. The Labute approximate surface area is 229 Å². The number of aromatic nitrogens is 4. The summed E-state index contributed by atoms with van der Waals surface area (Å²) in [5.41, 5.74) is 3.21. The largest absolute Gasteiger partial charge is 0.445 e. The van der Waals surface area contributed by atoms with Gasteiger partial charge in [0.25, 0.3) is 0 Å². The Morgan fingerprint density at radius 1 is 1.21 bits per heavy atom. The number of fused-ring (bicyclic) bond motifs is 2. The van der Waals surface area contributed by atoms with Crippen LogP contribution in [-0.4, -0.2) is 63.5 Å². The molecule has 2 N–H and O–H groups in total. The zero-order chi connectivity index (χ0) is 26.8. The molecule has 2 atom stereocenters. The Morgan fingerprint density at radius 2 is 2.08 bits per heavy atom. The first kappa shape index (κ1) is 24.9. The molecule has 196 valence electrons. The van der Waals surface area contributed by atoms with Crippen LogP contribution in [-0.2, 0) is 11.3 Å². The number of nitrogens with zero attached hydrogens (tertiary/aromatic N) is 5. The van der Waals surface area contributed by atoms with Crippen molar-refractivity contribution in [2.75, 3.05) is 26.0 Å².